The summed E-state index contributed by atoms with van der Waals surface area (Å²) >= 11 is 0. The number of aromatic nitrogens is 1. The molecule has 5 heteroatoms. The molecule has 3 rings (SSSR count). The van der Waals surface area contributed by atoms with E-state index in [-0.39, 0.29) is 5.89 Å². The van der Waals surface area contributed by atoms with Crippen molar-refractivity contribution in [3.05, 3.63) is 65.5 Å². The zero-order chi connectivity index (χ0) is 15.7. The first-order valence-corrected chi connectivity index (χ1v) is 6.92. The monoisotopic (exact) mass is 297 g/mol. The highest BCUT2D eigenvalue weighted by molar-refractivity contribution is 5.79. The number of hydrogen-bond acceptors (Lipinski definition) is 4. The Bertz CT molecular complexity index is 810. The molecule has 0 fully saturated rings. The van der Waals surface area contributed by atoms with Crippen LogP contribution >= 0.6 is 0 Å². The van der Waals surface area contributed by atoms with Gasteiger partial charge in [0.2, 0.25) is 5.89 Å². The first-order valence-electron chi connectivity index (χ1n) is 6.92. The van der Waals surface area contributed by atoms with Crippen LogP contribution in [0.4, 0.5) is 0 Å². The fourth-order valence-corrected chi connectivity index (χ4v) is 2.27. The molecule has 112 valence electrons. The average molecular weight is 297 g/mol. The predicted octanol–water partition coefficient (Wildman–Crippen LogP) is 3.10. The third-order valence-corrected chi connectivity index (χ3v) is 3.65. The Kier molecular flexibility index (Phi) is 3.65. The summed E-state index contributed by atoms with van der Waals surface area (Å²) < 4.78 is 5.57. The Hall–Kier alpha value is -2.66. The molecule has 0 radical (unpaired) electrons. The SMILES string of the molecule is CC(C(=O)O)c1ccc2oc(C(O)c3ccccc3)nc2c1. The minimum absolute atomic E-state index is 0.196. The first kappa shape index (κ1) is 14.3. The van der Waals surface area contributed by atoms with Crippen molar-refractivity contribution in [1.29, 1.82) is 0 Å². The first-order chi connectivity index (χ1) is 10.6. The molecule has 2 aromatic carbocycles. The largest absolute Gasteiger partial charge is 0.481 e. The quantitative estimate of drug-likeness (QED) is 0.773. The molecular weight excluding hydrogens is 282 g/mol. The molecule has 0 aliphatic carbocycles. The number of aliphatic hydroxyl groups excluding tert-OH is 1. The second kappa shape index (κ2) is 5.61. The number of benzene rings is 2. The maximum atomic E-state index is 11.1. The molecule has 1 heterocycles. The standard InChI is InChI=1S/C17H15NO4/c1-10(17(20)21)12-7-8-14-13(9-12)18-16(22-14)15(19)11-5-3-2-4-6-11/h2-10,15,19H,1H3,(H,20,21). The van der Waals surface area contributed by atoms with Crippen LogP contribution in [-0.2, 0) is 4.79 Å². The lowest BCUT2D eigenvalue weighted by Crippen LogP contribution is -2.06. The zero-order valence-electron chi connectivity index (χ0n) is 11.9. The highest BCUT2D eigenvalue weighted by atomic mass is 16.4. The van der Waals surface area contributed by atoms with Gasteiger partial charge in [-0.05, 0) is 30.2 Å². The van der Waals surface area contributed by atoms with Crippen LogP contribution in [0, 0.1) is 0 Å². The molecule has 0 aliphatic heterocycles. The topological polar surface area (TPSA) is 83.6 Å². The molecule has 5 nitrogen and oxygen atoms in total. The molecule has 2 N–H and O–H groups in total. The van der Waals surface area contributed by atoms with E-state index in [1.54, 1.807) is 37.3 Å². The van der Waals surface area contributed by atoms with Crippen LogP contribution in [0.25, 0.3) is 11.1 Å². The third-order valence-electron chi connectivity index (χ3n) is 3.65. The van der Waals surface area contributed by atoms with Crippen molar-refractivity contribution < 1.29 is 19.4 Å². The number of carbonyl (C=O) groups is 1. The number of rotatable bonds is 4. The molecule has 1 aromatic heterocycles. The lowest BCUT2D eigenvalue weighted by Gasteiger charge is -2.05. The number of aliphatic carboxylic acids is 1. The zero-order valence-corrected chi connectivity index (χ0v) is 11.9. The van der Waals surface area contributed by atoms with Gasteiger partial charge < -0.3 is 14.6 Å². The van der Waals surface area contributed by atoms with Gasteiger partial charge in [-0.2, -0.15) is 0 Å². The van der Waals surface area contributed by atoms with Crippen LogP contribution in [-0.4, -0.2) is 21.2 Å². The Labute approximate surface area is 126 Å². The van der Waals surface area contributed by atoms with Gasteiger partial charge >= 0.3 is 5.97 Å². The number of hydrogen-bond donors (Lipinski definition) is 2. The maximum Gasteiger partial charge on any atom is 0.310 e. The fraction of sp³-hybridized carbons (Fsp3) is 0.176. The number of oxazole rings is 1. The van der Waals surface area contributed by atoms with Gasteiger partial charge in [0, 0.05) is 0 Å². The molecule has 0 amide bonds. The van der Waals surface area contributed by atoms with Gasteiger partial charge in [0.1, 0.15) is 5.52 Å². The van der Waals surface area contributed by atoms with E-state index < -0.39 is 18.0 Å². The lowest BCUT2D eigenvalue weighted by molar-refractivity contribution is -0.138. The maximum absolute atomic E-state index is 11.1. The van der Waals surface area contributed by atoms with Gasteiger partial charge in [0.25, 0.3) is 0 Å². The van der Waals surface area contributed by atoms with Gasteiger partial charge in [0.05, 0.1) is 5.92 Å². The Morgan fingerprint density at radius 3 is 2.55 bits per heavy atom. The average Bonchev–Trinajstić information content (AvgIpc) is 2.97. The normalized spacial score (nSPS) is 13.9. The number of fused-ring (bicyclic) bond motifs is 1. The van der Waals surface area contributed by atoms with E-state index in [9.17, 15) is 9.90 Å². The molecule has 3 aromatic rings. The Morgan fingerprint density at radius 1 is 1.14 bits per heavy atom. The van der Waals surface area contributed by atoms with Crippen molar-refractivity contribution in [3.8, 4) is 0 Å². The van der Waals surface area contributed by atoms with Crippen LogP contribution in [0.3, 0.4) is 0 Å². The smallest absolute Gasteiger partial charge is 0.310 e. The summed E-state index contributed by atoms with van der Waals surface area (Å²) in [6, 6.07) is 14.2. The number of carboxylic acids is 1. The minimum Gasteiger partial charge on any atom is -0.481 e. The van der Waals surface area contributed by atoms with E-state index in [0.29, 0.717) is 22.2 Å². The van der Waals surface area contributed by atoms with Gasteiger partial charge in [-0.15, -0.1) is 0 Å². The highest BCUT2D eigenvalue weighted by Crippen LogP contribution is 2.27. The van der Waals surface area contributed by atoms with E-state index in [4.69, 9.17) is 9.52 Å². The van der Waals surface area contributed by atoms with Crippen LogP contribution < -0.4 is 0 Å². The molecule has 22 heavy (non-hydrogen) atoms. The Balaban J connectivity index is 1.98. The summed E-state index contributed by atoms with van der Waals surface area (Å²) in [6.45, 7) is 1.61. The van der Waals surface area contributed by atoms with Gasteiger partial charge in [-0.1, -0.05) is 36.4 Å². The van der Waals surface area contributed by atoms with Crippen molar-refractivity contribution >= 4 is 17.1 Å². The highest BCUT2D eigenvalue weighted by Gasteiger charge is 2.19. The fourth-order valence-electron chi connectivity index (χ4n) is 2.27. The molecule has 2 unspecified atom stereocenters. The summed E-state index contributed by atoms with van der Waals surface area (Å²) in [7, 11) is 0. The van der Waals surface area contributed by atoms with Crippen LogP contribution in [0.15, 0.2) is 52.9 Å². The predicted molar refractivity (Wildman–Crippen MR) is 80.6 cm³/mol. The summed E-state index contributed by atoms with van der Waals surface area (Å²) in [6.07, 6.45) is -0.950. The molecular formula is C17H15NO4. The van der Waals surface area contributed by atoms with Gasteiger partial charge in [0.15, 0.2) is 11.7 Å². The van der Waals surface area contributed by atoms with E-state index in [0.717, 1.165) is 0 Å². The summed E-state index contributed by atoms with van der Waals surface area (Å²) in [5.41, 5.74) is 2.39. The van der Waals surface area contributed by atoms with Crippen LogP contribution in [0.2, 0.25) is 0 Å². The summed E-state index contributed by atoms with van der Waals surface area (Å²) in [5.74, 6) is -1.32. The molecule has 0 bridgehead atoms. The van der Waals surface area contributed by atoms with Crippen molar-refractivity contribution in [2.45, 2.75) is 18.9 Å². The van der Waals surface area contributed by atoms with Gasteiger partial charge in [-0.3, -0.25) is 4.79 Å². The second-order valence-corrected chi connectivity index (χ2v) is 5.15. The molecule has 2 atom stereocenters. The molecule has 0 saturated carbocycles. The van der Waals surface area contributed by atoms with Crippen molar-refractivity contribution in [3.63, 3.8) is 0 Å². The molecule has 0 spiro atoms. The van der Waals surface area contributed by atoms with Crippen LogP contribution in [0.5, 0.6) is 0 Å². The van der Waals surface area contributed by atoms with Gasteiger partial charge in [-0.25, -0.2) is 4.98 Å². The molecule has 0 aliphatic rings. The van der Waals surface area contributed by atoms with Crippen LogP contribution in [0.1, 0.15) is 36.0 Å². The second-order valence-electron chi connectivity index (χ2n) is 5.15. The Morgan fingerprint density at radius 2 is 1.86 bits per heavy atom. The third kappa shape index (κ3) is 2.58. The van der Waals surface area contributed by atoms with E-state index >= 15 is 0 Å². The summed E-state index contributed by atoms with van der Waals surface area (Å²) in [5, 5.41) is 19.4. The van der Waals surface area contributed by atoms with Crippen molar-refractivity contribution in [2.75, 3.05) is 0 Å². The minimum atomic E-state index is -0.950. The van der Waals surface area contributed by atoms with E-state index in [1.165, 1.54) is 0 Å². The number of carboxylic acid groups (broad SMARTS) is 1. The molecule has 0 saturated heterocycles. The van der Waals surface area contributed by atoms with Crippen molar-refractivity contribution in [2.24, 2.45) is 0 Å². The lowest BCUT2D eigenvalue weighted by atomic mass is 10.0. The van der Waals surface area contributed by atoms with E-state index in [1.807, 2.05) is 18.2 Å². The number of nitrogens with zero attached hydrogens (tertiary/aromatic N) is 1. The summed E-state index contributed by atoms with van der Waals surface area (Å²) in [4.78, 5) is 15.3. The van der Waals surface area contributed by atoms with Crippen molar-refractivity contribution in [1.82, 2.24) is 4.98 Å². The van der Waals surface area contributed by atoms with E-state index in [2.05, 4.69) is 4.98 Å². The number of aliphatic hydroxyl groups is 1.